The standard InChI is InChI=1S/C17H18N2O/c1-12(20)14-6-2-4-8-16(14)18-10-13-11-19-17-9-5-3-7-15(13)17/h2-9,11-12,18-20H,10H2,1H3. The van der Waals surface area contributed by atoms with Crippen LogP contribution in [0, 0.1) is 0 Å². The van der Waals surface area contributed by atoms with Gasteiger partial charge < -0.3 is 15.4 Å². The largest absolute Gasteiger partial charge is 0.389 e. The van der Waals surface area contributed by atoms with Gasteiger partial charge in [-0.05, 0) is 24.6 Å². The van der Waals surface area contributed by atoms with Crippen LogP contribution in [0.3, 0.4) is 0 Å². The Morgan fingerprint density at radius 3 is 2.70 bits per heavy atom. The summed E-state index contributed by atoms with van der Waals surface area (Å²) in [6.45, 7) is 2.51. The minimum Gasteiger partial charge on any atom is -0.389 e. The predicted molar refractivity (Wildman–Crippen MR) is 82.7 cm³/mol. The van der Waals surface area contributed by atoms with E-state index in [1.54, 1.807) is 6.92 Å². The van der Waals surface area contributed by atoms with Crippen molar-refractivity contribution in [3.05, 3.63) is 65.9 Å². The molecule has 0 saturated carbocycles. The molecule has 3 aromatic rings. The van der Waals surface area contributed by atoms with Crippen LogP contribution in [0.15, 0.2) is 54.7 Å². The third kappa shape index (κ3) is 2.40. The molecule has 0 aliphatic rings. The van der Waals surface area contributed by atoms with E-state index in [2.05, 4.69) is 22.4 Å². The van der Waals surface area contributed by atoms with Gasteiger partial charge in [0.15, 0.2) is 0 Å². The van der Waals surface area contributed by atoms with Gasteiger partial charge in [0.05, 0.1) is 6.10 Å². The number of hydrogen-bond donors (Lipinski definition) is 3. The lowest BCUT2D eigenvalue weighted by molar-refractivity contribution is 0.200. The number of anilines is 1. The highest BCUT2D eigenvalue weighted by atomic mass is 16.3. The van der Waals surface area contributed by atoms with Crippen molar-refractivity contribution in [3.63, 3.8) is 0 Å². The second-order valence-electron chi connectivity index (χ2n) is 4.98. The summed E-state index contributed by atoms with van der Waals surface area (Å²) in [6.07, 6.45) is 1.56. The smallest absolute Gasteiger partial charge is 0.0781 e. The quantitative estimate of drug-likeness (QED) is 0.672. The Hall–Kier alpha value is -2.26. The predicted octanol–water partition coefficient (Wildman–Crippen LogP) is 3.83. The van der Waals surface area contributed by atoms with Crippen molar-refractivity contribution in [2.24, 2.45) is 0 Å². The molecule has 3 N–H and O–H groups in total. The number of para-hydroxylation sites is 2. The van der Waals surface area contributed by atoms with E-state index in [1.807, 2.05) is 42.6 Å². The molecule has 0 spiro atoms. The number of aliphatic hydroxyl groups excluding tert-OH is 1. The maximum Gasteiger partial charge on any atom is 0.0781 e. The first-order chi connectivity index (χ1) is 9.75. The third-order valence-electron chi connectivity index (χ3n) is 3.56. The molecule has 3 nitrogen and oxygen atoms in total. The first-order valence-corrected chi connectivity index (χ1v) is 6.81. The number of aliphatic hydroxyl groups is 1. The van der Waals surface area contributed by atoms with Crippen molar-refractivity contribution in [2.75, 3.05) is 5.32 Å². The molecule has 20 heavy (non-hydrogen) atoms. The van der Waals surface area contributed by atoms with E-state index in [-0.39, 0.29) is 0 Å². The molecule has 0 aliphatic carbocycles. The molecule has 0 fully saturated rings. The normalized spacial score (nSPS) is 12.5. The lowest BCUT2D eigenvalue weighted by atomic mass is 10.1. The number of benzene rings is 2. The molecule has 1 atom stereocenters. The van der Waals surface area contributed by atoms with Crippen molar-refractivity contribution in [2.45, 2.75) is 19.6 Å². The first kappa shape index (κ1) is 12.8. The molecule has 3 rings (SSSR count). The van der Waals surface area contributed by atoms with E-state index in [0.717, 1.165) is 23.3 Å². The Bertz CT molecular complexity index is 716. The molecule has 0 aliphatic heterocycles. The molecule has 3 heteroatoms. The molecule has 1 aromatic heterocycles. The molecule has 1 unspecified atom stereocenters. The van der Waals surface area contributed by atoms with Crippen LogP contribution >= 0.6 is 0 Å². The Labute approximate surface area is 118 Å². The number of nitrogens with one attached hydrogen (secondary N) is 2. The molecule has 0 amide bonds. The zero-order valence-electron chi connectivity index (χ0n) is 11.4. The van der Waals surface area contributed by atoms with Crippen LogP contribution in [-0.2, 0) is 6.54 Å². The molecule has 0 bridgehead atoms. The molecular formula is C17H18N2O. The minimum atomic E-state index is -0.471. The van der Waals surface area contributed by atoms with Crippen LogP contribution in [0.1, 0.15) is 24.2 Å². The summed E-state index contributed by atoms with van der Waals surface area (Å²) >= 11 is 0. The number of hydrogen-bond acceptors (Lipinski definition) is 2. The molecule has 0 saturated heterocycles. The topological polar surface area (TPSA) is 48.0 Å². The van der Waals surface area contributed by atoms with E-state index >= 15 is 0 Å². The third-order valence-corrected chi connectivity index (χ3v) is 3.56. The maximum atomic E-state index is 9.79. The Morgan fingerprint density at radius 1 is 1.10 bits per heavy atom. The highest BCUT2D eigenvalue weighted by molar-refractivity contribution is 5.83. The maximum absolute atomic E-state index is 9.79. The van der Waals surface area contributed by atoms with Crippen LogP contribution < -0.4 is 5.32 Å². The number of aromatic nitrogens is 1. The van der Waals surface area contributed by atoms with Gasteiger partial charge in [0, 0.05) is 34.9 Å². The van der Waals surface area contributed by atoms with E-state index in [9.17, 15) is 5.11 Å². The number of H-pyrrole nitrogens is 1. The zero-order chi connectivity index (χ0) is 13.9. The van der Waals surface area contributed by atoms with Gasteiger partial charge in [0.2, 0.25) is 0 Å². The van der Waals surface area contributed by atoms with Crippen LogP contribution in [0.2, 0.25) is 0 Å². The van der Waals surface area contributed by atoms with E-state index in [0.29, 0.717) is 0 Å². The van der Waals surface area contributed by atoms with Gasteiger partial charge in [0.1, 0.15) is 0 Å². The number of aromatic amines is 1. The lowest BCUT2D eigenvalue weighted by Crippen LogP contribution is -2.03. The fraction of sp³-hybridized carbons (Fsp3) is 0.176. The molecule has 102 valence electrons. The summed E-state index contributed by atoms with van der Waals surface area (Å²) in [5.74, 6) is 0. The number of fused-ring (bicyclic) bond motifs is 1. The van der Waals surface area contributed by atoms with Crippen molar-refractivity contribution in [3.8, 4) is 0 Å². The van der Waals surface area contributed by atoms with Crippen LogP contribution in [0.25, 0.3) is 10.9 Å². The second kappa shape index (κ2) is 5.39. The summed E-state index contributed by atoms with van der Waals surface area (Å²) in [4.78, 5) is 3.27. The zero-order valence-corrected chi connectivity index (χ0v) is 11.4. The molecule has 1 heterocycles. The van der Waals surface area contributed by atoms with Gasteiger partial charge in [-0.3, -0.25) is 0 Å². The van der Waals surface area contributed by atoms with Crippen molar-refractivity contribution < 1.29 is 5.11 Å². The average Bonchev–Trinajstić information content (AvgIpc) is 2.88. The van der Waals surface area contributed by atoms with Gasteiger partial charge in [-0.15, -0.1) is 0 Å². The monoisotopic (exact) mass is 266 g/mol. The van der Waals surface area contributed by atoms with Crippen LogP contribution in [0.4, 0.5) is 5.69 Å². The summed E-state index contributed by atoms with van der Waals surface area (Å²) in [6, 6.07) is 16.1. The highest BCUT2D eigenvalue weighted by Crippen LogP contribution is 2.24. The average molecular weight is 266 g/mol. The summed E-state index contributed by atoms with van der Waals surface area (Å²) in [5, 5.41) is 14.4. The van der Waals surface area contributed by atoms with Crippen molar-refractivity contribution in [1.82, 2.24) is 4.98 Å². The van der Waals surface area contributed by atoms with E-state index < -0.39 is 6.10 Å². The fourth-order valence-corrected chi connectivity index (χ4v) is 2.49. The minimum absolute atomic E-state index is 0.471. The first-order valence-electron chi connectivity index (χ1n) is 6.81. The second-order valence-corrected chi connectivity index (χ2v) is 4.98. The van der Waals surface area contributed by atoms with E-state index in [4.69, 9.17) is 0 Å². The SMILES string of the molecule is CC(O)c1ccccc1NCc1c[nH]c2ccccc12. The molecule has 0 radical (unpaired) electrons. The van der Waals surface area contributed by atoms with Gasteiger partial charge in [-0.2, -0.15) is 0 Å². The Kier molecular flexibility index (Phi) is 3.44. The van der Waals surface area contributed by atoms with E-state index in [1.165, 1.54) is 10.9 Å². The van der Waals surface area contributed by atoms with Gasteiger partial charge >= 0.3 is 0 Å². The lowest BCUT2D eigenvalue weighted by Gasteiger charge is -2.13. The summed E-state index contributed by atoms with van der Waals surface area (Å²) in [5.41, 5.74) is 4.27. The van der Waals surface area contributed by atoms with Gasteiger partial charge in [0.25, 0.3) is 0 Å². The Balaban J connectivity index is 1.83. The van der Waals surface area contributed by atoms with Crippen molar-refractivity contribution in [1.29, 1.82) is 0 Å². The van der Waals surface area contributed by atoms with Gasteiger partial charge in [-0.25, -0.2) is 0 Å². The van der Waals surface area contributed by atoms with Gasteiger partial charge in [-0.1, -0.05) is 36.4 Å². The van der Waals surface area contributed by atoms with Crippen LogP contribution in [0.5, 0.6) is 0 Å². The molecular weight excluding hydrogens is 248 g/mol. The highest BCUT2D eigenvalue weighted by Gasteiger charge is 2.08. The number of rotatable bonds is 4. The van der Waals surface area contributed by atoms with Crippen molar-refractivity contribution >= 4 is 16.6 Å². The van der Waals surface area contributed by atoms with Crippen LogP contribution in [-0.4, -0.2) is 10.1 Å². The fourth-order valence-electron chi connectivity index (χ4n) is 2.49. The summed E-state index contributed by atoms with van der Waals surface area (Å²) in [7, 11) is 0. The Morgan fingerprint density at radius 2 is 1.85 bits per heavy atom. The summed E-state index contributed by atoms with van der Waals surface area (Å²) < 4.78 is 0. The molecule has 2 aromatic carbocycles.